The standard InChI is InChI=1S/C23H15ClN2O2S/c24-17-10-11-20(28-14-15-6-2-1-3-7-15)16(12-17)13-21-22(27)26-19-9-5-4-8-18(19)25-23(26)29-21/h1-13H,14H2. The van der Waals surface area contributed by atoms with Crippen LogP contribution >= 0.6 is 22.9 Å². The highest BCUT2D eigenvalue weighted by atomic mass is 35.5. The topological polar surface area (TPSA) is 43.6 Å². The van der Waals surface area contributed by atoms with E-state index in [4.69, 9.17) is 16.3 Å². The zero-order valence-corrected chi connectivity index (χ0v) is 16.8. The Hall–Kier alpha value is -3.15. The van der Waals surface area contributed by atoms with Crippen LogP contribution in [0, 0.1) is 0 Å². The lowest BCUT2D eigenvalue weighted by Gasteiger charge is -2.09. The van der Waals surface area contributed by atoms with Crippen molar-refractivity contribution in [2.24, 2.45) is 0 Å². The molecule has 0 saturated heterocycles. The minimum absolute atomic E-state index is 0.0901. The maximum atomic E-state index is 13.0. The number of aromatic nitrogens is 2. The average Bonchev–Trinajstić information content (AvgIpc) is 3.24. The second-order valence-corrected chi connectivity index (χ2v) is 8.04. The van der Waals surface area contributed by atoms with Crippen LogP contribution < -0.4 is 14.8 Å². The molecule has 2 heterocycles. The highest BCUT2D eigenvalue weighted by molar-refractivity contribution is 7.15. The molecule has 0 unspecified atom stereocenters. The van der Waals surface area contributed by atoms with Crippen LogP contribution in [0.2, 0.25) is 5.02 Å². The predicted molar refractivity (Wildman–Crippen MR) is 118 cm³/mol. The fourth-order valence-corrected chi connectivity index (χ4v) is 4.41. The van der Waals surface area contributed by atoms with Crippen molar-refractivity contribution < 1.29 is 4.74 Å². The van der Waals surface area contributed by atoms with Gasteiger partial charge >= 0.3 is 0 Å². The molecule has 0 atom stereocenters. The number of hydrogen-bond donors (Lipinski definition) is 0. The maximum absolute atomic E-state index is 13.0. The molecule has 5 rings (SSSR count). The highest BCUT2D eigenvalue weighted by Gasteiger charge is 2.11. The minimum Gasteiger partial charge on any atom is -0.488 e. The average molecular weight is 419 g/mol. The van der Waals surface area contributed by atoms with Crippen LogP contribution in [-0.2, 0) is 6.61 Å². The molecule has 0 fully saturated rings. The molecular weight excluding hydrogens is 404 g/mol. The van der Waals surface area contributed by atoms with Gasteiger partial charge < -0.3 is 4.74 Å². The molecule has 0 saturated carbocycles. The van der Waals surface area contributed by atoms with E-state index in [1.165, 1.54) is 11.3 Å². The molecule has 0 spiro atoms. The third-order valence-corrected chi connectivity index (χ3v) is 5.84. The lowest BCUT2D eigenvalue weighted by Crippen LogP contribution is -2.22. The summed E-state index contributed by atoms with van der Waals surface area (Å²) >= 11 is 7.57. The predicted octanol–water partition coefficient (Wildman–Crippen LogP) is 4.69. The quantitative estimate of drug-likeness (QED) is 0.425. The summed E-state index contributed by atoms with van der Waals surface area (Å²) in [6.45, 7) is 0.436. The molecule has 0 bridgehead atoms. The van der Waals surface area contributed by atoms with Crippen LogP contribution in [-0.4, -0.2) is 9.38 Å². The van der Waals surface area contributed by atoms with Crippen molar-refractivity contribution >= 4 is 45.0 Å². The van der Waals surface area contributed by atoms with E-state index in [1.54, 1.807) is 10.5 Å². The van der Waals surface area contributed by atoms with Gasteiger partial charge in [-0.05, 0) is 42.0 Å². The Morgan fingerprint density at radius 2 is 1.83 bits per heavy atom. The van der Waals surface area contributed by atoms with Crippen LogP contribution in [0.1, 0.15) is 11.1 Å². The number of fused-ring (bicyclic) bond motifs is 3. The molecule has 3 aromatic carbocycles. The monoisotopic (exact) mass is 418 g/mol. The zero-order valence-electron chi connectivity index (χ0n) is 15.2. The summed E-state index contributed by atoms with van der Waals surface area (Å²) < 4.78 is 8.25. The normalized spacial score (nSPS) is 12.1. The van der Waals surface area contributed by atoms with Crippen LogP contribution in [0.5, 0.6) is 5.75 Å². The smallest absolute Gasteiger partial charge is 0.274 e. The molecular formula is C23H15ClN2O2S. The number of nitrogens with zero attached hydrogens (tertiary/aromatic N) is 2. The summed E-state index contributed by atoms with van der Waals surface area (Å²) in [4.78, 5) is 18.2. The summed E-state index contributed by atoms with van der Waals surface area (Å²) in [7, 11) is 0. The number of para-hydroxylation sites is 2. The van der Waals surface area contributed by atoms with Crippen LogP contribution in [0.25, 0.3) is 22.1 Å². The Morgan fingerprint density at radius 3 is 2.69 bits per heavy atom. The number of ether oxygens (including phenoxy) is 1. The first-order valence-electron chi connectivity index (χ1n) is 9.07. The van der Waals surface area contributed by atoms with Crippen molar-refractivity contribution in [1.29, 1.82) is 0 Å². The van der Waals surface area contributed by atoms with Crippen molar-refractivity contribution in [3.05, 3.63) is 104 Å². The number of halogens is 1. The summed E-state index contributed by atoms with van der Waals surface area (Å²) in [6, 6.07) is 23.0. The molecule has 0 amide bonds. The van der Waals surface area contributed by atoms with Gasteiger partial charge in [-0.15, -0.1) is 0 Å². The number of hydrogen-bond acceptors (Lipinski definition) is 4. The SMILES string of the molecule is O=c1c(=Cc2cc(Cl)ccc2OCc2ccccc2)sc2nc3ccccc3n12. The maximum Gasteiger partial charge on any atom is 0.274 e. The molecule has 4 nitrogen and oxygen atoms in total. The molecule has 2 aromatic heterocycles. The molecule has 0 N–H and O–H groups in total. The van der Waals surface area contributed by atoms with Gasteiger partial charge in [0.1, 0.15) is 12.4 Å². The molecule has 0 aliphatic heterocycles. The number of benzene rings is 3. The number of rotatable bonds is 4. The molecule has 5 aromatic rings. The molecule has 142 valence electrons. The van der Waals surface area contributed by atoms with E-state index in [1.807, 2.05) is 72.8 Å². The summed E-state index contributed by atoms with van der Waals surface area (Å²) in [5, 5.41) is 0.586. The van der Waals surface area contributed by atoms with E-state index in [0.29, 0.717) is 26.9 Å². The first kappa shape index (κ1) is 17.9. The Balaban J connectivity index is 1.59. The molecule has 0 aliphatic carbocycles. The van der Waals surface area contributed by atoms with E-state index in [2.05, 4.69) is 4.98 Å². The van der Waals surface area contributed by atoms with Gasteiger partial charge in [0, 0.05) is 10.6 Å². The van der Waals surface area contributed by atoms with E-state index >= 15 is 0 Å². The second kappa shape index (κ2) is 7.35. The van der Waals surface area contributed by atoms with E-state index < -0.39 is 0 Å². The van der Waals surface area contributed by atoms with Gasteiger partial charge in [-0.25, -0.2) is 9.38 Å². The van der Waals surface area contributed by atoms with E-state index in [9.17, 15) is 4.79 Å². The van der Waals surface area contributed by atoms with Gasteiger partial charge in [-0.1, -0.05) is 65.4 Å². The van der Waals surface area contributed by atoms with Gasteiger partial charge in [0.25, 0.3) is 5.56 Å². The summed E-state index contributed by atoms with van der Waals surface area (Å²) in [5.41, 5.74) is 3.37. The third kappa shape index (κ3) is 3.39. The van der Waals surface area contributed by atoms with Crippen LogP contribution in [0.4, 0.5) is 0 Å². The Kier molecular flexibility index (Phi) is 4.54. The largest absolute Gasteiger partial charge is 0.488 e. The van der Waals surface area contributed by atoms with E-state index in [-0.39, 0.29) is 5.56 Å². The van der Waals surface area contributed by atoms with Crippen LogP contribution in [0.3, 0.4) is 0 Å². The fourth-order valence-electron chi connectivity index (χ4n) is 3.25. The summed E-state index contributed by atoms with van der Waals surface area (Å²) in [6.07, 6.45) is 1.82. The molecule has 29 heavy (non-hydrogen) atoms. The Bertz CT molecular complexity index is 1440. The third-order valence-electron chi connectivity index (χ3n) is 4.64. The first-order valence-corrected chi connectivity index (χ1v) is 10.3. The summed E-state index contributed by atoms with van der Waals surface area (Å²) in [5.74, 6) is 0.675. The molecule has 0 radical (unpaired) electrons. The van der Waals surface area contributed by atoms with Crippen molar-refractivity contribution in [3.63, 3.8) is 0 Å². The Labute approximate surface area is 175 Å². The molecule has 0 aliphatic rings. The number of imidazole rings is 1. The van der Waals surface area contributed by atoms with Crippen molar-refractivity contribution in [3.8, 4) is 5.75 Å². The number of thiazole rings is 1. The van der Waals surface area contributed by atoms with Gasteiger partial charge in [0.2, 0.25) is 0 Å². The van der Waals surface area contributed by atoms with Gasteiger partial charge in [-0.2, -0.15) is 0 Å². The zero-order chi connectivity index (χ0) is 19.8. The van der Waals surface area contributed by atoms with Crippen LogP contribution in [0.15, 0.2) is 77.6 Å². The minimum atomic E-state index is -0.0901. The van der Waals surface area contributed by atoms with Crippen molar-refractivity contribution in [1.82, 2.24) is 9.38 Å². The van der Waals surface area contributed by atoms with Crippen molar-refractivity contribution in [2.45, 2.75) is 6.61 Å². The van der Waals surface area contributed by atoms with E-state index in [0.717, 1.165) is 22.2 Å². The lowest BCUT2D eigenvalue weighted by atomic mass is 10.2. The van der Waals surface area contributed by atoms with Gasteiger partial charge in [-0.3, -0.25) is 4.79 Å². The molecule has 6 heteroatoms. The lowest BCUT2D eigenvalue weighted by molar-refractivity contribution is 0.305. The van der Waals surface area contributed by atoms with Gasteiger partial charge in [0.15, 0.2) is 4.96 Å². The Morgan fingerprint density at radius 1 is 1.03 bits per heavy atom. The highest BCUT2D eigenvalue weighted by Crippen LogP contribution is 2.25. The first-order chi connectivity index (χ1) is 14.2. The fraction of sp³-hybridized carbons (Fsp3) is 0.0435. The second-order valence-electron chi connectivity index (χ2n) is 6.59. The van der Waals surface area contributed by atoms with Gasteiger partial charge in [0.05, 0.1) is 15.6 Å². The van der Waals surface area contributed by atoms with Crippen molar-refractivity contribution in [2.75, 3.05) is 0 Å².